The normalized spacial score (nSPS) is 13.0. The molecule has 2 aromatic heterocycles. The van der Waals surface area contributed by atoms with Crippen molar-refractivity contribution in [1.29, 1.82) is 0 Å². The number of benzene rings is 10. The Morgan fingerprint density at radius 2 is 1.00 bits per heavy atom. The van der Waals surface area contributed by atoms with Crippen LogP contribution in [0.3, 0.4) is 0 Å². The standard InChI is InChI=1S/C67H48N2.C4H6.C3H8/c1-4-44(5-2)66-55-35-31-49(51-34-38-65-58(40-51)54-27-15-17-29-63(54)69(65)61-30-18-24-46-21-12-13-25-52(46)61)42-60(55)67(47-22-10-7-11-23-47)56-36-32-48(41-59(56)66)50-33-37-64-57(39-50)53-26-14-16-28-62(53)68(64)43(3)45-19-8-6-9-20-45;1-3-4-2;1-3-2/h4-19,21-42H,1,20H2,2-3H3;3-4H,1-2H2;3H2,1-2H3/b44-5+,45-43+;;. The number of fused-ring (bicyclic) bond motifs is 9. The summed E-state index contributed by atoms with van der Waals surface area (Å²) in [4.78, 5) is 0. The Labute approximate surface area is 447 Å². The Morgan fingerprint density at radius 3 is 1.66 bits per heavy atom. The molecule has 0 unspecified atom stereocenters. The second-order valence-electron chi connectivity index (χ2n) is 19.5. The van der Waals surface area contributed by atoms with Crippen molar-refractivity contribution in [2.75, 3.05) is 0 Å². The molecule has 0 saturated heterocycles. The first kappa shape index (κ1) is 49.0. The number of allylic oxidation sites excluding steroid dienone is 11. The maximum atomic E-state index is 4.37. The molecular formula is C74H62N2. The zero-order valence-corrected chi connectivity index (χ0v) is 44.0. The molecule has 10 aromatic carbocycles. The van der Waals surface area contributed by atoms with E-state index in [0.29, 0.717) is 0 Å². The Hall–Kier alpha value is -9.24. The third-order valence-electron chi connectivity index (χ3n) is 14.9. The SMILES string of the molecule is C=C/C(=C\C)c1c2cc(-c3ccc4c(c3)c3ccccc3n4/C(C)=C3\C=CC=CC3)ccc2c(-c2ccccc2)c2cc(-c3ccc4c(c3)c3ccccc3n4-c3cccc4ccccc34)ccc12.C=CC=C.CCC. The lowest BCUT2D eigenvalue weighted by Crippen LogP contribution is -1.98. The van der Waals surface area contributed by atoms with Gasteiger partial charge in [0.1, 0.15) is 0 Å². The first-order valence-electron chi connectivity index (χ1n) is 26.6. The van der Waals surface area contributed by atoms with Gasteiger partial charge in [-0.15, -0.1) is 0 Å². The first-order chi connectivity index (χ1) is 37.4. The van der Waals surface area contributed by atoms with Crippen molar-refractivity contribution in [1.82, 2.24) is 9.13 Å². The molecule has 0 N–H and O–H groups in total. The molecular weight excluding hydrogens is 917 g/mol. The minimum atomic E-state index is 0.933. The van der Waals surface area contributed by atoms with E-state index in [0.717, 1.165) is 12.0 Å². The van der Waals surface area contributed by atoms with Gasteiger partial charge in [0.25, 0.3) is 0 Å². The summed E-state index contributed by atoms with van der Waals surface area (Å²) >= 11 is 0. The molecule has 0 fully saturated rings. The van der Waals surface area contributed by atoms with Gasteiger partial charge in [-0.3, -0.25) is 0 Å². The van der Waals surface area contributed by atoms with E-state index in [-0.39, 0.29) is 0 Å². The highest BCUT2D eigenvalue weighted by Crippen LogP contribution is 2.46. The number of rotatable bonds is 8. The van der Waals surface area contributed by atoms with Crippen LogP contribution in [-0.4, -0.2) is 9.13 Å². The highest BCUT2D eigenvalue weighted by atomic mass is 15.0. The van der Waals surface area contributed by atoms with Crippen LogP contribution in [0.4, 0.5) is 0 Å². The summed E-state index contributed by atoms with van der Waals surface area (Å²) in [5.41, 5.74) is 18.1. The lowest BCUT2D eigenvalue weighted by Gasteiger charge is -2.20. The van der Waals surface area contributed by atoms with Gasteiger partial charge in [-0.2, -0.15) is 0 Å². The molecule has 76 heavy (non-hydrogen) atoms. The second kappa shape index (κ2) is 21.3. The number of hydrogen-bond donors (Lipinski definition) is 0. The number of aromatic nitrogens is 2. The molecule has 2 nitrogen and oxygen atoms in total. The summed E-state index contributed by atoms with van der Waals surface area (Å²) in [7, 11) is 0. The average Bonchev–Trinajstić information content (AvgIpc) is 4.02. The highest BCUT2D eigenvalue weighted by Gasteiger charge is 2.21. The van der Waals surface area contributed by atoms with Crippen LogP contribution in [0.5, 0.6) is 0 Å². The van der Waals surface area contributed by atoms with Crippen LogP contribution in [0.2, 0.25) is 0 Å². The lowest BCUT2D eigenvalue weighted by atomic mass is 9.83. The van der Waals surface area contributed by atoms with Crippen LogP contribution >= 0.6 is 0 Å². The monoisotopic (exact) mass is 978 g/mol. The van der Waals surface area contributed by atoms with Gasteiger partial charge in [-0.05, 0) is 152 Å². The van der Waals surface area contributed by atoms with E-state index in [9.17, 15) is 0 Å². The van der Waals surface area contributed by atoms with Gasteiger partial charge in [0, 0.05) is 32.6 Å². The van der Waals surface area contributed by atoms with Gasteiger partial charge in [0.05, 0.1) is 27.8 Å². The van der Waals surface area contributed by atoms with Crippen LogP contribution in [0.25, 0.3) is 126 Å². The molecule has 0 saturated carbocycles. The zero-order valence-electron chi connectivity index (χ0n) is 44.0. The predicted molar refractivity (Wildman–Crippen MR) is 335 cm³/mol. The zero-order chi connectivity index (χ0) is 52.3. The second-order valence-corrected chi connectivity index (χ2v) is 19.5. The van der Waals surface area contributed by atoms with Crippen LogP contribution in [0.15, 0.2) is 268 Å². The summed E-state index contributed by atoms with van der Waals surface area (Å²) in [5, 5.41) is 12.3. The molecule has 2 heteroatoms. The topological polar surface area (TPSA) is 9.86 Å². The summed E-state index contributed by atoms with van der Waals surface area (Å²) in [6.07, 6.45) is 18.5. The van der Waals surface area contributed by atoms with Crippen molar-refractivity contribution in [3.63, 3.8) is 0 Å². The van der Waals surface area contributed by atoms with Crippen molar-refractivity contribution in [3.05, 3.63) is 274 Å². The van der Waals surface area contributed by atoms with Crippen LogP contribution in [-0.2, 0) is 0 Å². The van der Waals surface area contributed by atoms with E-state index in [2.05, 4.69) is 281 Å². The van der Waals surface area contributed by atoms with Crippen LogP contribution in [0.1, 0.15) is 46.1 Å². The molecule has 0 bridgehead atoms. The number of nitrogens with zero attached hydrogens (tertiary/aromatic N) is 2. The largest absolute Gasteiger partial charge is 0.313 e. The van der Waals surface area contributed by atoms with Crippen LogP contribution in [0, 0.1) is 0 Å². The fraction of sp³-hybridized carbons (Fsp3) is 0.0811. The van der Waals surface area contributed by atoms with Gasteiger partial charge in [0.15, 0.2) is 0 Å². The number of para-hydroxylation sites is 2. The molecule has 13 rings (SSSR count). The van der Waals surface area contributed by atoms with Crippen molar-refractivity contribution in [2.45, 2.75) is 40.5 Å². The molecule has 0 spiro atoms. The number of hydrogen-bond acceptors (Lipinski definition) is 0. The Bertz CT molecular complexity index is 4360. The van der Waals surface area contributed by atoms with Crippen molar-refractivity contribution in [2.24, 2.45) is 0 Å². The lowest BCUT2D eigenvalue weighted by molar-refractivity contribution is 1.09. The minimum Gasteiger partial charge on any atom is -0.313 e. The maximum absolute atomic E-state index is 4.37. The smallest absolute Gasteiger partial charge is 0.0541 e. The van der Waals surface area contributed by atoms with Gasteiger partial charge < -0.3 is 9.13 Å². The van der Waals surface area contributed by atoms with E-state index in [4.69, 9.17) is 0 Å². The third-order valence-corrected chi connectivity index (χ3v) is 14.9. The van der Waals surface area contributed by atoms with Gasteiger partial charge in [-0.1, -0.05) is 228 Å². The third kappa shape index (κ3) is 8.62. The average molecular weight is 979 g/mol. The molecule has 0 atom stereocenters. The van der Waals surface area contributed by atoms with Gasteiger partial charge in [0.2, 0.25) is 0 Å². The molecule has 2 heterocycles. The van der Waals surface area contributed by atoms with Crippen molar-refractivity contribution in [3.8, 4) is 39.1 Å². The van der Waals surface area contributed by atoms with E-state index in [1.165, 1.54) is 138 Å². The van der Waals surface area contributed by atoms with E-state index in [1.807, 2.05) is 6.08 Å². The van der Waals surface area contributed by atoms with Gasteiger partial charge >= 0.3 is 0 Å². The first-order valence-corrected chi connectivity index (χ1v) is 26.6. The summed E-state index contributed by atoms with van der Waals surface area (Å²) in [6, 6.07) is 72.1. The summed E-state index contributed by atoms with van der Waals surface area (Å²) in [5.74, 6) is 0. The quantitative estimate of drug-likeness (QED) is 0.106. The predicted octanol–water partition coefficient (Wildman–Crippen LogP) is 21.5. The van der Waals surface area contributed by atoms with E-state index in [1.54, 1.807) is 12.2 Å². The summed E-state index contributed by atoms with van der Waals surface area (Å²) in [6.45, 7) is 19.7. The molecule has 1 aliphatic rings. The maximum Gasteiger partial charge on any atom is 0.0541 e. The molecule has 0 aliphatic heterocycles. The van der Waals surface area contributed by atoms with Crippen molar-refractivity contribution >= 4 is 87.2 Å². The Balaban J connectivity index is 0.000000834. The van der Waals surface area contributed by atoms with Gasteiger partial charge in [-0.25, -0.2) is 0 Å². The molecule has 0 amide bonds. The van der Waals surface area contributed by atoms with E-state index >= 15 is 0 Å². The Morgan fingerprint density at radius 1 is 0.474 bits per heavy atom. The summed E-state index contributed by atoms with van der Waals surface area (Å²) < 4.78 is 4.89. The van der Waals surface area contributed by atoms with E-state index < -0.39 is 0 Å². The molecule has 1 aliphatic carbocycles. The fourth-order valence-electron chi connectivity index (χ4n) is 11.4. The molecule has 0 radical (unpaired) electrons. The molecule has 12 aromatic rings. The Kier molecular flexibility index (Phi) is 13.7. The highest BCUT2D eigenvalue weighted by molar-refractivity contribution is 6.21. The van der Waals surface area contributed by atoms with Crippen LogP contribution < -0.4 is 0 Å². The minimum absolute atomic E-state index is 0.933. The fourth-order valence-corrected chi connectivity index (χ4v) is 11.4. The molecule has 368 valence electrons. The van der Waals surface area contributed by atoms with Crippen molar-refractivity contribution < 1.29 is 0 Å².